The summed E-state index contributed by atoms with van der Waals surface area (Å²) in [6.07, 6.45) is 5.15. The van der Waals surface area contributed by atoms with Crippen molar-refractivity contribution in [3.8, 4) is 0 Å². The minimum Gasteiger partial charge on any atom is -0.324 e. The summed E-state index contributed by atoms with van der Waals surface area (Å²) in [6.45, 7) is 4.27. The van der Waals surface area contributed by atoms with Crippen molar-refractivity contribution in [3.05, 3.63) is 34.4 Å². The summed E-state index contributed by atoms with van der Waals surface area (Å²) in [4.78, 5) is 0. The lowest BCUT2D eigenvalue weighted by molar-refractivity contribution is 0.664. The average Bonchev–Trinajstić information content (AvgIpc) is 2.17. The first-order chi connectivity index (χ1) is 6.70. The molecule has 0 amide bonds. The molecule has 0 saturated carbocycles. The molecule has 1 atom stereocenters. The lowest BCUT2D eigenvalue weighted by Crippen LogP contribution is -2.14. The van der Waals surface area contributed by atoms with Gasteiger partial charge in [0.1, 0.15) is 0 Å². The number of benzene rings is 1. The minimum atomic E-state index is 0.183. The third-order valence-electron chi connectivity index (χ3n) is 3.25. The molecule has 0 spiro atoms. The van der Waals surface area contributed by atoms with Gasteiger partial charge < -0.3 is 5.73 Å². The van der Waals surface area contributed by atoms with Crippen LogP contribution in [0.5, 0.6) is 0 Å². The minimum absolute atomic E-state index is 0.183. The van der Waals surface area contributed by atoms with Gasteiger partial charge in [-0.2, -0.15) is 0 Å². The first-order valence-corrected chi connectivity index (χ1v) is 5.57. The van der Waals surface area contributed by atoms with Gasteiger partial charge in [-0.1, -0.05) is 12.1 Å². The monoisotopic (exact) mass is 189 g/mol. The van der Waals surface area contributed by atoms with E-state index in [1.165, 1.54) is 42.4 Å². The van der Waals surface area contributed by atoms with E-state index in [4.69, 9.17) is 5.73 Å². The number of hydrogen-bond acceptors (Lipinski definition) is 1. The van der Waals surface area contributed by atoms with Gasteiger partial charge in [-0.05, 0) is 61.8 Å². The van der Waals surface area contributed by atoms with Crippen LogP contribution >= 0.6 is 0 Å². The largest absolute Gasteiger partial charge is 0.324 e. The number of hydrogen-bond donors (Lipinski definition) is 1. The van der Waals surface area contributed by atoms with Gasteiger partial charge in [0.25, 0.3) is 0 Å². The molecule has 0 fully saturated rings. The number of nitrogens with two attached hydrogens (primary N) is 1. The van der Waals surface area contributed by atoms with E-state index in [9.17, 15) is 0 Å². The molecule has 1 aliphatic rings. The van der Waals surface area contributed by atoms with E-state index in [1.807, 2.05) is 0 Å². The van der Waals surface area contributed by atoms with Crippen LogP contribution in [-0.2, 0) is 12.8 Å². The summed E-state index contributed by atoms with van der Waals surface area (Å²) < 4.78 is 0. The topological polar surface area (TPSA) is 26.0 Å². The molecule has 0 saturated heterocycles. The van der Waals surface area contributed by atoms with E-state index >= 15 is 0 Å². The summed E-state index contributed by atoms with van der Waals surface area (Å²) in [7, 11) is 0. The maximum Gasteiger partial charge on any atom is 0.0271 e. The maximum atomic E-state index is 6.04. The fraction of sp³-hybridized carbons (Fsp3) is 0.538. The zero-order valence-electron chi connectivity index (χ0n) is 9.14. The van der Waals surface area contributed by atoms with Crippen LogP contribution in [0.25, 0.3) is 0 Å². The number of aryl methyl sites for hydroxylation is 2. The van der Waals surface area contributed by atoms with Crippen molar-refractivity contribution < 1.29 is 0 Å². The Morgan fingerprint density at radius 3 is 2.64 bits per heavy atom. The summed E-state index contributed by atoms with van der Waals surface area (Å²) in [5.41, 5.74) is 11.9. The molecule has 0 bridgehead atoms. The maximum absolute atomic E-state index is 6.04. The molecular formula is C13H19N. The van der Waals surface area contributed by atoms with E-state index in [1.54, 1.807) is 5.56 Å². The van der Waals surface area contributed by atoms with Gasteiger partial charge >= 0.3 is 0 Å². The molecule has 1 aromatic rings. The van der Waals surface area contributed by atoms with Crippen LogP contribution in [0.2, 0.25) is 0 Å². The second kappa shape index (κ2) is 3.74. The van der Waals surface area contributed by atoms with Gasteiger partial charge in [0.15, 0.2) is 0 Å². The highest BCUT2D eigenvalue weighted by molar-refractivity contribution is 5.43. The molecule has 14 heavy (non-hydrogen) atoms. The molecule has 1 aliphatic carbocycles. The fourth-order valence-electron chi connectivity index (χ4n) is 2.61. The van der Waals surface area contributed by atoms with Gasteiger partial charge in [-0.3, -0.25) is 0 Å². The predicted octanol–water partition coefficient (Wildman–Crippen LogP) is 2.89. The summed E-state index contributed by atoms with van der Waals surface area (Å²) in [5.74, 6) is 0. The molecule has 0 aliphatic heterocycles. The van der Waals surface area contributed by atoms with Gasteiger partial charge in [-0.25, -0.2) is 0 Å². The van der Waals surface area contributed by atoms with Gasteiger partial charge in [0, 0.05) is 6.04 Å². The van der Waals surface area contributed by atoms with E-state index in [-0.39, 0.29) is 6.04 Å². The Hall–Kier alpha value is -0.820. The Morgan fingerprint density at radius 2 is 1.93 bits per heavy atom. The van der Waals surface area contributed by atoms with Gasteiger partial charge in [-0.15, -0.1) is 0 Å². The molecule has 0 heterocycles. The molecule has 0 unspecified atom stereocenters. The Bertz CT molecular complexity index is 339. The van der Waals surface area contributed by atoms with Gasteiger partial charge in [0.05, 0.1) is 0 Å². The Labute approximate surface area is 86.3 Å². The zero-order chi connectivity index (χ0) is 10.1. The van der Waals surface area contributed by atoms with E-state index in [0.29, 0.717) is 0 Å². The molecule has 2 rings (SSSR count). The van der Waals surface area contributed by atoms with Crippen LogP contribution in [0, 0.1) is 6.92 Å². The van der Waals surface area contributed by atoms with Crippen molar-refractivity contribution in [3.63, 3.8) is 0 Å². The summed E-state index contributed by atoms with van der Waals surface area (Å²) in [6, 6.07) is 4.70. The number of rotatable bonds is 1. The first kappa shape index (κ1) is 9.72. The summed E-state index contributed by atoms with van der Waals surface area (Å²) >= 11 is 0. The molecular weight excluding hydrogens is 170 g/mol. The molecule has 1 nitrogen and oxygen atoms in total. The van der Waals surface area contributed by atoms with Crippen molar-refractivity contribution in [2.24, 2.45) is 5.73 Å². The van der Waals surface area contributed by atoms with Crippen molar-refractivity contribution in [2.75, 3.05) is 0 Å². The second-order valence-electron chi connectivity index (χ2n) is 4.43. The first-order valence-electron chi connectivity index (χ1n) is 5.57. The number of fused-ring (bicyclic) bond motifs is 1. The van der Waals surface area contributed by atoms with Crippen molar-refractivity contribution in [1.29, 1.82) is 0 Å². The quantitative estimate of drug-likeness (QED) is 0.722. The molecule has 1 heteroatoms. The fourth-order valence-corrected chi connectivity index (χ4v) is 2.61. The smallest absolute Gasteiger partial charge is 0.0271 e. The van der Waals surface area contributed by atoms with Crippen molar-refractivity contribution in [1.82, 2.24) is 0 Å². The highest BCUT2D eigenvalue weighted by Gasteiger charge is 2.16. The normalized spacial score (nSPS) is 17.6. The molecule has 1 aromatic carbocycles. The molecule has 2 N–H and O–H groups in total. The average molecular weight is 189 g/mol. The van der Waals surface area contributed by atoms with Crippen LogP contribution < -0.4 is 5.73 Å². The van der Waals surface area contributed by atoms with Crippen molar-refractivity contribution >= 4 is 0 Å². The van der Waals surface area contributed by atoms with E-state index in [0.717, 1.165) is 0 Å². The standard InChI is InChI=1S/C13H19N/c1-9-7-8-11-5-3-4-6-12(11)13(9)10(2)14/h7-8,10H,3-6,14H2,1-2H3/t10-/m1/s1. The Balaban J connectivity index is 2.55. The van der Waals surface area contributed by atoms with Crippen LogP contribution in [0.15, 0.2) is 12.1 Å². The molecule has 0 radical (unpaired) electrons. The molecule has 76 valence electrons. The highest BCUT2D eigenvalue weighted by atomic mass is 14.6. The Kier molecular flexibility index (Phi) is 2.60. The van der Waals surface area contributed by atoms with Crippen LogP contribution in [0.1, 0.15) is 48.1 Å². The summed E-state index contributed by atoms with van der Waals surface area (Å²) in [5, 5.41) is 0. The highest BCUT2D eigenvalue weighted by Crippen LogP contribution is 2.29. The predicted molar refractivity (Wildman–Crippen MR) is 60.4 cm³/mol. The van der Waals surface area contributed by atoms with Crippen LogP contribution in [0.3, 0.4) is 0 Å². The third-order valence-corrected chi connectivity index (χ3v) is 3.25. The van der Waals surface area contributed by atoms with E-state index < -0.39 is 0 Å². The van der Waals surface area contributed by atoms with Gasteiger partial charge in [0.2, 0.25) is 0 Å². The molecule has 0 aromatic heterocycles. The third kappa shape index (κ3) is 1.57. The SMILES string of the molecule is Cc1ccc2c(c1[C@@H](C)N)CCCC2. The lowest BCUT2D eigenvalue weighted by Gasteiger charge is -2.23. The lowest BCUT2D eigenvalue weighted by atomic mass is 9.84. The van der Waals surface area contributed by atoms with Crippen molar-refractivity contribution in [2.45, 2.75) is 45.6 Å². The van der Waals surface area contributed by atoms with E-state index in [2.05, 4.69) is 26.0 Å². The zero-order valence-corrected chi connectivity index (χ0v) is 9.14. The second-order valence-corrected chi connectivity index (χ2v) is 4.43. The Morgan fingerprint density at radius 1 is 1.21 bits per heavy atom. The van der Waals surface area contributed by atoms with Crippen LogP contribution in [-0.4, -0.2) is 0 Å². The van der Waals surface area contributed by atoms with Crippen LogP contribution in [0.4, 0.5) is 0 Å².